The molecule has 22 heavy (non-hydrogen) atoms. The summed E-state index contributed by atoms with van der Waals surface area (Å²) in [7, 11) is 2.67. The van der Waals surface area contributed by atoms with Gasteiger partial charge in [-0.3, -0.25) is 14.5 Å². The highest BCUT2D eigenvalue weighted by molar-refractivity contribution is 7.16. The molecular formula is C14H18ClFN3O2P. The Bertz CT molecular complexity index is 573. The molecule has 0 aliphatic carbocycles. The van der Waals surface area contributed by atoms with E-state index in [2.05, 4.69) is 24.8 Å². The van der Waals surface area contributed by atoms with Gasteiger partial charge in [0.1, 0.15) is 5.82 Å². The normalized spacial score (nSPS) is 18.2. The number of hydrogen-bond donors (Lipinski definition) is 2. The van der Waals surface area contributed by atoms with E-state index in [9.17, 15) is 14.0 Å². The molecule has 5 nitrogen and oxygen atoms in total. The van der Waals surface area contributed by atoms with Crippen molar-refractivity contribution in [3.63, 3.8) is 0 Å². The number of amides is 2. The summed E-state index contributed by atoms with van der Waals surface area (Å²) in [5, 5.41) is 4.91. The van der Waals surface area contributed by atoms with Crippen LogP contribution in [0.15, 0.2) is 18.2 Å². The fraction of sp³-hybridized carbons (Fsp3) is 0.429. The summed E-state index contributed by atoms with van der Waals surface area (Å²) in [6, 6.07) is 3.83. The first-order valence-electron chi connectivity index (χ1n) is 6.96. The predicted molar refractivity (Wildman–Crippen MR) is 87.3 cm³/mol. The Morgan fingerprint density at radius 1 is 1.41 bits per heavy atom. The molecule has 1 aliphatic rings. The second kappa shape index (κ2) is 7.86. The molecule has 0 saturated carbocycles. The number of halogens is 2. The van der Waals surface area contributed by atoms with Crippen LogP contribution in [-0.4, -0.2) is 42.6 Å². The molecule has 1 fully saturated rings. The molecular weight excluding hydrogens is 328 g/mol. The van der Waals surface area contributed by atoms with E-state index in [1.807, 2.05) is 0 Å². The lowest BCUT2D eigenvalue weighted by molar-refractivity contribution is -0.136. The third kappa shape index (κ3) is 4.63. The van der Waals surface area contributed by atoms with Gasteiger partial charge in [0.2, 0.25) is 0 Å². The van der Waals surface area contributed by atoms with Crippen molar-refractivity contribution in [2.24, 2.45) is 5.92 Å². The minimum absolute atomic E-state index is 0.0395. The van der Waals surface area contributed by atoms with Crippen LogP contribution in [0.2, 0.25) is 5.02 Å². The number of nitrogens with one attached hydrogen (secondary N) is 2. The molecule has 2 atom stereocenters. The van der Waals surface area contributed by atoms with E-state index in [4.69, 9.17) is 11.6 Å². The Morgan fingerprint density at radius 2 is 2.18 bits per heavy atom. The molecule has 0 radical (unpaired) electrons. The lowest BCUT2D eigenvalue weighted by Crippen LogP contribution is -2.38. The minimum atomic E-state index is -0.817. The van der Waals surface area contributed by atoms with Crippen LogP contribution in [0, 0.1) is 11.7 Å². The monoisotopic (exact) mass is 345 g/mol. The zero-order valence-electron chi connectivity index (χ0n) is 11.9. The predicted octanol–water partition coefficient (Wildman–Crippen LogP) is 1.69. The van der Waals surface area contributed by atoms with Crippen molar-refractivity contribution in [2.45, 2.75) is 6.42 Å². The van der Waals surface area contributed by atoms with Gasteiger partial charge in [-0.25, -0.2) is 4.39 Å². The van der Waals surface area contributed by atoms with Crippen LogP contribution in [0.4, 0.5) is 10.1 Å². The lowest BCUT2D eigenvalue weighted by Gasteiger charge is -2.13. The summed E-state index contributed by atoms with van der Waals surface area (Å²) < 4.78 is 13.3. The summed E-state index contributed by atoms with van der Waals surface area (Å²) in [6.45, 7) is 2.37. The van der Waals surface area contributed by atoms with E-state index in [1.165, 1.54) is 12.1 Å². The Labute approximate surface area is 135 Å². The van der Waals surface area contributed by atoms with Gasteiger partial charge in [0.05, 0.1) is 5.02 Å². The molecule has 1 saturated heterocycles. The zero-order valence-corrected chi connectivity index (χ0v) is 13.9. The summed E-state index contributed by atoms with van der Waals surface area (Å²) in [5.41, 5.74) is 0.192. The molecule has 1 heterocycles. The number of carbonyl (C=O) groups is 2. The summed E-state index contributed by atoms with van der Waals surface area (Å²) in [6.07, 6.45) is 1.91. The van der Waals surface area contributed by atoms with Crippen molar-refractivity contribution in [3.8, 4) is 0 Å². The van der Waals surface area contributed by atoms with Crippen molar-refractivity contribution < 1.29 is 14.0 Å². The number of anilines is 1. The van der Waals surface area contributed by atoms with Gasteiger partial charge in [0.15, 0.2) is 0 Å². The van der Waals surface area contributed by atoms with E-state index < -0.39 is 17.6 Å². The van der Waals surface area contributed by atoms with E-state index in [1.54, 1.807) is 0 Å². The fourth-order valence-electron chi connectivity index (χ4n) is 2.32. The topological polar surface area (TPSA) is 61.4 Å². The van der Waals surface area contributed by atoms with E-state index in [0.29, 0.717) is 12.5 Å². The minimum Gasteiger partial charge on any atom is -0.347 e. The summed E-state index contributed by atoms with van der Waals surface area (Å²) >= 11 is 5.55. The number of carbonyl (C=O) groups excluding carboxylic acids is 2. The third-order valence-corrected chi connectivity index (χ3v) is 4.39. The maximum atomic E-state index is 13.3. The van der Waals surface area contributed by atoms with Gasteiger partial charge in [-0.15, -0.1) is 9.24 Å². The standard InChI is InChI=1S/C14H18ClFN3O2P/c15-11-2-1-10(5-12(11)16)18-14(21)13(20)17-6-9-3-4-19(7-9)8-22/h1-2,5,9H,3-4,6-8,22H2,(H,17,20)(H,18,21)/t9-/m1/s1. The van der Waals surface area contributed by atoms with Crippen LogP contribution >= 0.6 is 20.8 Å². The van der Waals surface area contributed by atoms with Crippen LogP contribution in [0.1, 0.15) is 6.42 Å². The van der Waals surface area contributed by atoms with Crippen molar-refractivity contribution in [2.75, 3.05) is 31.2 Å². The highest BCUT2D eigenvalue weighted by atomic mass is 35.5. The van der Waals surface area contributed by atoms with Gasteiger partial charge in [-0.05, 0) is 37.1 Å². The quantitative estimate of drug-likeness (QED) is 0.645. The highest BCUT2D eigenvalue weighted by Crippen LogP contribution is 2.18. The fourth-order valence-corrected chi connectivity index (χ4v) is 2.77. The first-order valence-corrected chi connectivity index (χ1v) is 8.15. The lowest BCUT2D eigenvalue weighted by atomic mass is 10.1. The first-order chi connectivity index (χ1) is 10.5. The zero-order chi connectivity index (χ0) is 16.1. The largest absolute Gasteiger partial charge is 0.347 e. The highest BCUT2D eigenvalue weighted by Gasteiger charge is 2.23. The SMILES string of the molecule is O=C(NC[C@H]1CCN(CP)C1)C(=O)Nc1ccc(Cl)c(F)c1. The van der Waals surface area contributed by atoms with Crippen molar-refractivity contribution in [1.82, 2.24) is 10.2 Å². The first kappa shape index (κ1) is 17.1. The molecule has 0 spiro atoms. The number of rotatable bonds is 4. The van der Waals surface area contributed by atoms with E-state index in [-0.39, 0.29) is 10.7 Å². The molecule has 0 aromatic heterocycles. The van der Waals surface area contributed by atoms with Crippen LogP contribution in [0.3, 0.4) is 0 Å². The van der Waals surface area contributed by atoms with Gasteiger partial charge < -0.3 is 10.6 Å². The third-order valence-electron chi connectivity index (χ3n) is 3.56. The average molecular weight is 346 g/mol. The Balaban J connectivity index is 1.79. The van der Waals surface area contributed by atoms with Gasteiger partial charge >= 0.3 is 11.8 Å². The van der Waals surface area contributed by atoms with E-state index in [0.717, 1.165) is 31.9 Å². The average Bonchev–Trinajstić information content (AvgIpc) is 2.96. The molecule has 0 bridgehead atoms. The second-order valence-electron chi connectivity index (χ2n) is 5.21. The van der Waals surface area contributed by atoms with Crippen LogP contribution in [0.25, 0.3) is 0 Å². The van der Waals surface area contributed by atoms with Crippen molar-refractivity contribution in [1.29, 1.82) is 0 Å². The van der Waals surface area contributed by atoms with Crippen molar-refractivity contribution in [3.05, 3.63) is 29.0 Å². The molecule has 8 heteroatoms. The van der Waals surface area contributed by atoms with Gasteiger partial charge in [-0.2, -0.15) is 0 Å². The summed E-state index contributed by atoms with van der Waals surface area (Å²) in [4.78, 5) is 25.7. The van der Waals surface area contributed by atoms with Crippen LogP contribution in [-0.2, 0) is 9.59 Å². The Kier molecular flexibility index (Phi) is 6.12. The maximum Gasteiger partial charge on any atom is 0.313 e. The molecule has 120 valence electrons. The molecule has 1 unspecified atom stereocenters. The molecule has 2 rings (SSSR count). The molecule has 2 amide bonds. The van der Waals surface area contributed by atoms with Gasteiger partial charge in [0.25, 0.3) is 0 Å². The number of likely N-dealkylation sites (tertiary alicyclic amines) is 1. The number of nitrogens with zero attached hydrogens (tertiary/aromatic N) is 1. The van der Waals surface area contributed by atoms with Gasteiger partial charge in [-0.1, -0.05) is 11.6 Å². The van der Waals surface area contributed by atoms with Gasteiger partial charge in [0, 0.05) is 25.1 Å². The molecule has 1 aliphatic heterocycles. The maximum absolute atomic E-state index is 13.3. The Hall–Kier alpha value is -1.23. The smallest absolute Gasteiger partial charge is 0.313 e. The number of hydrogen-bond acceptors (Lipinski definition) is 3. The Morgan fingerprint density at radius 3 is 2.82 bits per heavy atom. The molecule has 1 aromatic rings. The van der Waals surface area contributed by atoms with Crippen molar-refractivity contribution >= 4 is 38.3 Å². The van der Waals surface area contributed by atoms with Crippen LogP contribution < -0.4 is 10.6 Å². The molecule has 1 aromatic carbocycles. The van der Waals surface area contributed by atoms with E-state index >= 15 is 0 Å². The van der Waals surface area contributed by atoms with Crippen LogP contribution in [0.5, 0.6) is 0 Å². The molecule has 2 N–H and O–H groups in total. The second-order valence-corrected chi connectivity index (χ2v) is 5.98. The number of benzene rings is 1. The summed E-state index contributed by atoms with van der Waals surface area (Å²) in [5.74, 6) is -1.84.